The van der Waals surface area contributed by atoms with Crippen LogP contribution < -0.4 is 4.90 Å². The molecule has 1 aromatic carbocycles. The Labute approximate surface area is 160 Å². The third-order valence-corrected chi connectivity index (χ3v) is 5.62. The Morgan fingerprint density at radius 1 is 1.22 bits per heavy atom. The van der Waals surface area contributed by atoms with Crippen molar-refractivity contribution in [3.05, 3.63) is 30.1 Å². The number of anilines is 1. The molecule has 2 saturated heterocycles. The van der Waals surface area contributed by atoms with E-state index >= 15 is 0 Å². The van der Waals surface area contributed by atoms with Crippen LogP contribution in [0.5, 0.6) is 0 Å². The summed E-state index contributed by atoms with van der Waals surface area (Å²) in [5.74, 6) is -0.291. The molecule has 0 radical (unpaired) electrons. The highest BCUT2D eigenvalue weighted by molar-refractivity contribution is 5.84. The molecule has 2 heterocycles. The summed E-state index contributed by atoms with van der Waals surface area (Å²) >= 11 is 0. The van der Waals surface area contributed by atoms with E-state index in [4.69, 9.17) is 4.74 Å². The summed E-state index contributed by atoms with van der Waals surface area (Å²) in [5, 5.41) is 11.1. The lowest BCUT2D eigenvalue weighted by Gasteiger charge is -2.45. The highest BCUT2D eigenvalue weighted by atomic mass is 19.1. The lowest BCUT2D eigenvalue weighted by molar-refractivity contribution is -0.168. The number of piperidine rings is 1. The van der Waals surface area contributed by atoms with Crippen LogP contribution in [0.1, 0.15) is 19.8 Å². The Kier molecular flexibility index (Phi) is 5.74. The van der Waals surface area contributed by atoms with Crippen LogP contribution in [-0.2, 0) is 9.53 Å². The normalized spacial score (nSPS) is 26.0. The third-order valence-electron chi connectivity index (χ3n) is 5.62. The fraction of sp³-hybridized carbons (Fsp3) is 0.650. The highest BCUT2D eigenvalue weighted by Crippen LogP contribution is 2.29. The summed E-state index contributed by atoms with van der Waals surface area (Å²) in [6.45, 7) is 5.47. The Balaban J connectivity index is 1.58. The third kappa shape index (κ3) is 4.59. The number of hydrogen-bond acceptors (Lipinski definition) is 5. The molecule has 0 aromatic heterocycles. The van der Waals surface area contributed by atoms with Crippen molar-refractivity contribution in [3.63, 3.8) is 0 Å². The van der Waals surface area contributed by atoms with Gasteiger partial charge in [-0.15, -0.1) is 0 Å². The fourth-order valence-electron chi connectivity index (χ4n) is 4.10. The van der Waals surface area contributed by atoms with Crippen molar-refractivity contribution in [2.24, 2.45) is 0 Å². The van der Waals surface area contributed by atoms with Gasteiger partial charge in [-0.25, -0.2) is 4.39 Å². The van der Waals surface area contributed by atoms with Crippen LogP contribution in [0.25, 0.3) is 0 Å². The lowest BCUT2D eigenvalue weighted by atomic mass is 9.89. The first kappa shape index (κ1) is 20.0. The Hall–Kier alpha value is -1.70. The quantitative estimate of drug-likeness (QED) is 0.856. The molecular formula is C20H30FN3O3. The average molecular weight is 379 g/mol. The zero-order valence-electron chi connectivity index (χ0n) is 16.4. The molecule has 6 nitrogen and oxygen atoms in total. The van der Waals surface area contributed by atoms with E-state index in [2.05, 4.69) is 9.80 Å². The summed E-state index contributed by atoms with van der Waals surface area (Å²) in [5.41, 5.74) is -0.669. The number of rotatable bonds is 4. The first-order valence-corrected chi connectivity index (χ1v) is 9.52. The number of β-amino-alcohol motifs (C(OH)–C–C–N with tert-alkyl or cyclic N) is 1. The molecule has 7 heteroatoms. The number of carbonyl (C=O) groups excluding carboxylic acids is 1. The Bertz CT molecular complexity index is 659. The van der Waals surface area contributed by atoms with Crippen LogP contribution in [0.2, 0.25) is 0 Å². The second-order valence-corrected chi connectivity index (χ2v) is 8.18. The summed E-state index contributed by atoms with van der Waals surface area (Å²) in [7, 11) is 3.46. The molecule has 0 bridgehead atoms. The molecule has 0 spiro atoms. The van der Waals surface area contributed by atoms with E-state index in [9.17, 15) is 14.3 Å². The van der Waals surface area contributed by atoms with Crippen LogP contribution in [0, 0.1) is 5.82 Å². The molecule has 2 fully saturated rings. The zero-order valence-corrected chi connectivity index (χ0v) is 16.4. The van der Waals surface area contributed by atoms with E-state index in [-0.39, 0.29) is 11.7 Å². The molecular weight excluding hydrogens is 349 g/mol. The molecule has 0 saturated carbocycles. The Morgan fingerprint density at radius 3 is 2.44 bits per heavy atom. The van der Waals surface area contributed by atoms with Crippen molar-refractivity contribution in [3.8, 4) is 0 Å². The second kappa shape index (κ2) is 7.73. The molecule has 1 N–H and O–H groups in total. The van der Waals surface area contributed by atoms with E-state index in [1.807, 2.05) is 6.92 Å². The monoisotopic (exact) mass is 379 g/mol. The van der Waals surface area contributed by atoms with Gasteiger partial charge in [-0.3, -0.25) is 9.69 Å². The van der Waals surface area contributed by atoms with E-state index in [0.29, 0.717) is 39.1 Å². The molecule has 0 aliphatic carbocycles. The molecule has 1 atom stereocenters. The smallest absolute Gasteiger partial charge is 0.255 e. The predicted octanol–water partition coefficient (Wildman–Crippen LogP) is 1.34. The average Bonchev–Trinajstić information content (AvgIpc) is 2.62. The van der Waals surface area contributed by atoms with Crippen molar-refractivity contribution in [2.75, 3.05) is 58.3 Å². The van der Waals surface area contributed by atoms with E-state index in [1.165, 1.54) is 12.1 Å². The van der Waals surface area contributed by atoms with E-state index < -0.39 is 11.2 Å². The maximum atomic E-state index is 13.1. The standard InChI is InChI=1S/C20H30FN3O3/c1-19(18(25)22(2)3)14-23(12-13-27-19)15-20(26)8-10-24(11-9-20)17-6-4-16(21)5-7-17/h4-7,26H,8-15H2,1-3H3/t19-/m1/s1. The van der Waals surface area contributed by atoms with Gasteiger partial charge < -0.3 is 19.6 Å². The number of carbonyl (C=O) groups is 1. The van der Waals surface area contributed by atoms with E-state index in [1.54, 1.807) is 31.1 Å². The molecule has 2 aliphatic heterocycles. The number of amides is 1. The summed E-state index contributed by atoms with van der Waals surface area (Å²) in [6.07, 6.45) is 1.28. The number of aliphatic hydroxyl groups is 1. The summed E-state index contributed by atoms with van der Waals surface area (Å²) in [4.78, 5) is 18.3. The van der Waals surface area contributed by atoms with Crippen molar-refractivity contribution < 1.29 is 19.0 Å². The van der Waals surface area contributed by atoms with Crippen LogP contribution in [0.3, 0.4) is 0 Å². The van der Waals surface area contributed by atoms with Crippen molar-refractivity contribution >= 4 is 11.6 Å². The highest BCUT2D eigenvalue weighted by Gasteiger charge is 2.43. The maximum Gasteiger partial charge on any atom is 0.255 e. The van der Waals surface area contributed by atoms with E-state index in [0.717, 1.165) is 18.8 Å². The number of benzene rings is 1. The first-order chi connectivity index (χ1) is 12.7. The van der Waals surface area contributed by atoms with Gasteiger partial charge in [-0.05, 0) is 44.0 Å². The van der Waals surface area contributed by atoms with Gasteiger partial charge in [0.05, 0.1) is 12.2 Å². The molecule has 3 rings (SSSR count). The van der Waals surface area contributed by atoms with Gasteiger partial charge in [0.15, 0.2) is 5.60 Å². The molecule has 0 unspecified atom stereocenters. The largest absolute Gasteiger partial charge is 0.388 e. The van der Waals surface area contributed by atoms with Crippen LogP contribution in [-0.4, -0.2) is 85.4 Å². The molecule has 1 amide bonds. The van der Waals surface area contributed by atoms with Gasteiger partial charge in [-0.2, -0.15) is 0 Å². The van der Waals surface area contributed by atoms with Crippen LogP contribution in [0.4, 0.5) is 10.1 Å². The zero-order chi connectivity index (χ0) is 19.7. The number of nitrogens with zero attached hydrogens (tertiary/aromatic N) is 3. The van der Waals surface area contributed by atoms with Crippen molar-refractivity contribution in [1.29, 1.82) is 0 Å². The predicted molar refractivity (Wildman–Crippen MR) is 102 cm³/mol. The maximum absolute atomic E-state index is 13.1. The minimum atomic E-state index is -0.868. The number of hydrogen-bond donors (Lipinski definition) is 1. The minimum absolute atomic E-state index is 0.0506. The van der Waals surface area contributed by atoms with Gasteiger partial charge in [0.1, 0.15) is 5.82 Å². The Morgan fingerprint density at radius 2 is 1.85 bits per heavy atom. The number of morpholine rings is 1. The van der Waals surface area contributed by atoms with Crippen LogP contribution >= 0.6 is 0 Å². The van der Waals surface area contributed by atoms with Crippen LogP contribution in [0.15, 0.2) is 24.3 Å². The van der Waals surface area contributed by atoms with Gasteiger partial charge >= 0.3 is 0 Å². The SMILES string of the molecule is CN(C)C(=O)[C@@]1(C)CN(CC2(O)CCN(c3ccc(F)cc3)CC2)CCO1. The van der Waals surface area contributed by atoms with Gasteiger partial charge in [-0.1, -0.05) is 0 Å². The van der Waals surface area contributed by atoms with Gasteiger partial charge in [0.25, 0.3) is 5.91 Å². The molecule has 27 heavy (non-hydrogen) atoms. The summed E-state index contributed by atoms with van der Waals surface area (Å²) < 4.78 is 18.9. The fourth-order valence-corrected chi connectivity index (χ4v) is 4.10. The van der Waals surface area contributed by atoms with Crippen molar-refractivity contribution in [2.45, 2.75) is 31.0 Å². The minimum Gasteiger partial charge on any atom is -0.388 e. The molecule has 1 aromatic rings. The second-order valence-electron chi connectivity index (χ2n) is 8.18. The van der Waals surface area contributed by atoms with Crippen molar-refractivity contribution in [1.82, 2.24) is 9.80 Å². The molecule has 150 valence electrons. The number of halogens is 1. The molecule has 2 aliphatic rings. The number of likely N-dealkylation sites (N-methyl/N-ethyl adjacent to an activating group) is 1. The lowest BCUT2D eigenvalue weighted by Crippen LogP contribution is -2.61. The van der Waals surface area contributed by atoms with Gasteiger partial charge in [0, 0.05) is 52.5 Å². The topological polar surface area (TPSA) is 56.2 Å². The van der Waals surface area contributed by atoms with Gasteiger partial charge in [0.2, 0.25) is 0 Å². The summed E-state index contributed by atoms with van der Waals surface area (Å²) in [6, 6.07) is 6.48. The number of ether oxygens (including phenoxy) is 1. The first-order valence-electron chi connectivity index (χ1n) is 9.52.